The van der Waals surface area contributed by atoms with E-state index in [0.717, 1.165) is 77.3 Å². The van der Waals surface area contributed by atoms with Crippen LogP contribution >= 0.6 is 0 Å². The summed E-state index contributed by atoms with van der Waals surface area (Å²) in [7, 11) is 0. The van der Waals surface area contributed by atoms with Gasteiger partial charge in [-0.25, -0.2) is 4.98 Å². The zero-order valence-electron chi connectivity index (χ0n) is 19.5. The average molecular weight is 460 g/mol. The van der Waals surface area contributed by atoms with E-state index in [1.54, 1.807) is 0 Å². The zero-order valence-corrected chi connectivity index (χ0v) is 19.5. The molecule has 0 radical (unpaired) electrons. The van der Waals surface area contributed by atoms with Crippen molar-refractivity contribution in [3.8, 4) is 11.3 Å². The second kappa shape index (κ2) is 9.24. The summed E-state index contributed by atoms with van der Waals surface area (Å²) >= 11 is 0. The number of benzene rings is 1. The Kier molecular flexibility index (Phi) is 6.00. The first-order chi connectivity index (χ1) is 16.5. The van der Waals surface area contributed by atoms with Crippen LogP contribution in [0, 0.1) is 6.92 Å². The molecule has 4 N–H and O–H groups in total. The van der Waals surface area contributed by atoms with Gasteiger partial charge in [-0.3, -0.25) is 19.8 Å². The molecule has 0 unspecified atom stereocenters. The standard InChI is InChI=1S/C25H29N7O2/c1-14-18(13-28-30-14)23-17-8-4-3-7-16(17)21-19(29-23)9-10-20-22(21)24(32-31-20)25(34)27-12-6-5-11-26-15(2)33/h9-10,13H,3-8,11-12H2,1-2H3,(H,26,33)(H,27,34)(H,28,30)(H,31,32). The summed E-state index contributed by atoms with van der Waals surface area (Å²) in [6.45, 7) is 4.65. The lowest BCUT2D eigenvalue weighted by atomic mass is 9.85. The first kappa shape index (κ1) is 22.1. The molecule has 1 aliphatic rings. The van der Waals surface area contributed by atoms with E-state index < -0.39 is 0 Å². The predicted molar refractivity (Wildman–Crippen MR) is 131 cm³/mol. The van der Waals surface area contributed by atoms with Crippen LogP contribution in [-0.2, 0) is 17.6 Å². The van der Waals surface area contributed by atoms with Crippen molar-refractivity contribution in [3.63, 3.8) is 0 Å². The van der Waals surface area contributed by atoms with Gasteiger partial charge in [-0.1, -0.05) is 0 Å². The third-order valence-electron chi connectivity index (χ3n) is 6.56. The van der Waals surface area contributed by atoms with Crippen molar-refractivity contribution in [2.45, 2.75) is 52.4 Å². The van der Waals surface area contributed by atoms with Crippen LogP contribution in [0.4, 0.5) is 0 Å². The molecular weight excluding hydrogens is 430 g/mol. The summed E-state index contributed by atoms with van der Waals surface area (Å²) in [5, 5.41) is 22.3. The molecule has 5 rings (SSSR count). The number of nitrogens with zero attached hydrogens (tertiary/aromatic N) is 3. The van der Waals surface area contributed by atoms with Gasteiger partial charge in [0.25, 0.3) is 5.91 Å². The molecule has 2 amide bonds. The lowest BCUT2D eigenvalue weighted by molar-refractivity contribution is -0.118. The van der Waals surface area contributed by atoms with Gasteiger partial charge in [-0.2, -0.15) is 10.2 Å². The molecule has 0 fully saturated rings. The molecule has 4 aromatic rings. The molecule has 1 aromatic carbocycles. The van der Waals surface area contributed by atoms with Gasteiger partial charge < -0.3 is 10.6 Å². The number of rotatable bonds is 7. The number of nitrogens with one attached hydrogen (secondary N) is 4. The number of carbonyl (C=O) groups is 2. The number of carbonyl (C=O) groups excluding carboxylic acids is 2. The molecule has 9 heteroatoms. The minimum Gasteiger partial charge on any atom is -0.356 e. The van der Waals surface area contributed by atoms with E-state index in [9.17, 15) is 9.59 Å². The van der Waals surface area contributed by atoms with Crippen LogP contribution in [0.2, 0.25) is 0 Å². The molecule has 0 saturated heterocycles. The van der Waals surface area contributed by atoms with E-state index in [4.69, 9.17) is 4.98 Å². The Morgan fingerprint density at radius 1 is 1.00 bits per heavy atom. The van der Waals surface area contributed by atoms with Crippen molar-refractivity contribution >= 4 is 33.6 Å². The van der Waals surface area contributed by atoms with Crippen molar-refractivity contribution in [1.29, 1.82) is 0 Å². The quantitative estimate of drug-likeness (QED) is 0.315. The second-order valence-electron chi connectivity index (χ2n) is 8.93. The lowest BCUT2D eigenvalue weighted by Gasteiger charge is -2.21. The fraction of sp³-hybridized carbons (Fsp3) is 0.400. The summed E-state index contributed by atoms with van der Waals surface area (Å²) in [4.78, 5) is 29.1. The number of H-pyrrole nitrogens is 2. The van der Waals surface area contributed by atoms with Crippen LogP contribution in [0.5, 0.6) is 0 Å². The largest absolute Gasteiger partial charge is 0.356 e. The van der Waals surface area contributed by atoms with E-state index >= 15 is 0 Å². The Hall–Kier alpha value is -3.75. The molecule has 0 aliphatic heterocycles. The van der Waals surface area contributed by atoms with Gasteiger partial charge in [0, 0.05) is 42.0 Å². The fourth-order valence-corrected chi connectivity index (χ4v) is 4.91. The van der Waals surface area contributed by atoms with Gasteiger partial charge in [0.05, 0.1) is 22.9 Å². The van der Waals surface area contributed by atoms with E-state index in [1.165, 1.54) is 18.1 Å². The summed E-state index contributed by atoms with van der Waals surface area (Å²) in [6, 6.07) is 3.95. The lowest BCUT2D eigenvalue weighted by Crippen LogP contribution is -2.26. The highest BCUT2D eigenvalue weighted by atomic mass is 16.2. The van der Waals surface area contributed by atoms with Gasteiger partial charge in [0.15, 0.2) is 5.69 Å². The van der Waals surface area contributed by atoms with Crippen molar-refractivity contribution in [2.24, 2.45) is 0 Å². The van der Waals surface area contributed by atoms with Crippen LogP contribution in [0.15, 0.2) is 18.3 Å². The SMILES string of the molecule is CC(=O)NCCCCNC(=O)c1n[nH]c2ccc3nc(-c4cn[nH]c4C)c4c(c3c12)CCCC4. The number of amides is 2. The molecule has 34 heavy (non-hydrogen) atoms. The summed E-state index contributed by atoms with van der Waals surface area (Å²) in [5.41, 5.74) is 7.65. The van der Waals surface area contributed by atoms with Crippen LogP contribution in [0.25, 0.3) is 33.1 Å². The van der Waals surface area contributed by atoms with Crippen LogP contribution in [-0.4, -0.2) is 50.3 Å². The maximum atomic E-state index is 13.1. The molecule has 3 aromatic heterocycles. The summed E-state index contributed by atoms with van der Waals surface area (Å²) in [6.07, 6.45) is 7.57. The fourth-order valence-electron chi connectivity index (χ4n) is 4.91. The van der Waals surface area contributed by atoms with Crippen LogP contribution in [0.1, 0.15) is 59.9 Å². The Labute approximate surface area is 197 Å². The predicted octanol–water partition coefficient (Wildman–Crippen LogP) is 3.33. The van der Waals surface area contributed by atoms with Crippen molar-refractivity contribution in [1.82, 2.24) is 36.0 Å². The molecule has 0 spiro atoms. The molecule has 0 atom stereocenters. The highest BCUT2D eigenvalue weighted by molar-refractivity contribution is 6.17. The number of fused-ring (bicyclic) bond motifs is 5. The highest BCUT2D eigenvalue weighted by Crippen LogP contribution is 2.39. The summed E-state index contributed by atoms with van der Waals surface area (Å²) in [5.74, 6) is -0.237. The van der Waals surface area contributed by atoms with Crippen molar-refractivity contribution in [3.05, 3.63) is 40.8 Å². The van der Waals surface area contributed by atoms with Crippen LogP contribution in [0.3, 0.4) is 0 Å². The minimum absolute atomic E-state index is 0.0399. The first-order valence-corrected chi connectivity index (χ1v) is 11.9. The highest BCUT2D eigenvalue weighted by Gasteiger charge is 2.25. The molecule has 176 valence electrons. The van der Waals surface area contributed by atoms with Gasteiger partial charge in [0.1, 0.15) is 0 Å². The number of pyridine rings is 1. The number of aromatic nitrogens is 5. The normalized spacial score (nSPS) is 13.2. The second-order valence-corrected chi connectivity index (χ2v) is 8.93. The zero-order chi connectivity index (χ0) is 23.7. The van der Waals surface area contributed by atoms with Gasteiger partial charge in [0.2, 0.25) is 5.91 Å². The van der Waals surface area contributed by atoms with E-state index in [0.29, 0.717) is 18.8 Å². The number of hydrogen-bond donors (Lipinski definition) is 4. The topological polar surface area (TPSA) is 128 Å². The van der Waals surface area contributed by atoms with Gasteiger partial charge >= 0.3 is 0 Å². The van der Waals surface area contributed by atoms with Gasteiger partial charge in [-0.15, -0.1) is 0 Å². The number of aryl methyl sites for hydroxylation is 2. The molecule has 0 bridgehead atoms. The van der Waals surface area contributed by atoms with Crippen LogP contribution < -0.4 is 10.6 Å². The van der Waals surface area contributed by atoms with E-state index in [-0.39, 0.29) is 11.8 Å². The first-order valence-electron chi connectivity index (χ1n) is 11.9. The third kappa shape index (κ3) is 4.02. The molecule has 9 nitrogen and oxygen atoms in total. The molecular formula is C25H29N7O2. The van der Waals surface area contributed by atoms with Crippen molar-refractivity contribution in [2.75, 3.05) is 13.1 Å². The molecule has 0 saturated carbocycles. The maximum Gasteiger partial charge on any atom is 0.272 e. The van der Waals surface area contributed by atoms with E-state index in [2.05, 4.69) is 31.0 Å². The van der Waals surface area contributed by atoms with Gasteiger partial charge in [-0.05, 0) is 68.7 Å². The Morgan fingerprint density at radius 3 is 2.50 bits per heavy atom. The molecule has 1 aliphatic carbocycles. The van der Waals surface area contributed by atoms with Crippen molar-refractivity contribution < 1.29 is 9.59 Å². The third-order valence-corrected chi connectivity index (χ3v) is 6.56. The van der Waals surface area contributed by atoms with E-state index in [1.807, 2.05) is 25.3 Å². The average Bonchev–Trinajstić information content (AvgIpc) is 3.46. The smallest absolute Gasteiger partial charge is 0.272 e. The monoisotopic (exact) mass is 459 g/mol. The maximum absolute atomic E-state index is 13.1. The number of unbranched alkanes of at least 4 members (excludes halogenated alkanes) is 1. The Morgan fingerprint density at radius 2 is 1.76 bits per heavy atom. The number of aromatic amines is 2. The molecule has 3 heterocycles. The Balaban J connectivity index is 1.52. The Bertz CT molecular complexity index is 1390. The summed E-state index contributed by atoms with van der Waals surface area (Å²) < 4.78 is 0. The minimum atomic E-state index is -0.197. The number of hydrogen-bond acceptors (Lipinski definition) is 5.